The molecule has 3 saturated heterocycles. The summed E-state index contributed by atoms with van der Waals surface area (Å²) in [6, 6.07) is 71.0. The Kier molecular flexibility index (Phi) is 34.8. The van der Waals surface area contributed by atoms with Crippen molar-refractivity contribution < 1.29 is 28.2 Å². The van der Waals surface area contributed by atoms with E-state index in [2.05, 4.69) is 234 Å². The van der Waals surface area contributed by atoms with E-state index in [4.69, 9.17) is 45.0 Å². The zero-order chi connectivity index (χ0) is 88.2. The number of aliphatic hydroxyl groups excluding tert-OH is 2. The predicted molar refractivity (Wildman–Crippen MR) is 524 cm³/mol. The van der Waals surface area contributed by atoms with E-state index in [9.17, 15) is 18.0 Å². The largest absolute Gasteiger partial charge is 0.416 e. The van der Waals surface area contributed by atoms with Crippen LogP contribution in [0.3, 0.4) is 0 Å². The molecule has 8 heterocycles. The number of fused-ring (bicyclic) bond motifs is 10. The maximum Gasteiger partial charge on any atom is 0.416 e. The molecule has 8 aliphatic rings. The van der Waals surface area contributed by atoms with Crippen LogP contribution < -0.4 is 24.5 Å². The lowest BCUT2D eigenvalue weighted by Gasteiger charge is -2.36. The molecule has 3 fully saturated rings. The fourth-order valence-electron chi connectivity index (χ4n) is 16.9. The number of halogens is 6. The topological polar surface area (TPSA) is 99.7 Å². The summed E-state index contributed by atoms with van der Waals surface area (Å²) in [5, 5.41) is 20.5. The van der Waals surface area contributed by atoms with Crippen LogP contribution in [0.4, 0.5) is 70.0 Å². The van der Waals surface area contributed by atoms with Crippen molar-refractivity contribution in [3.8, 4) is 0 Å². The van der Waals surface area contributed by atoms with E-state index in [1.165, 1.54) is 129 Å². The Balaban J connectivity index is 0.000000128. The van der Waals surface area contributed by atoms with E-state index in [1.807, 2.05) is 94.8 Å². The number of benzene rings is 10. The molecule has 16 nitrogen and oxygen atoms in total. The molecule has 0 amide bonds. The Hall–Kier alpha value is -7.12. The summed E-state index contributed by atoms with van der Waals surface area (Å²) in [6.45, 7) is 26.4. The number of anilines is 10. The van der Waals surface area contributed by atoms with E-state index in [-0.39, 0.29) is 19.0 Å². The Morgan fingerprint density at radius 2 is 0.579 bits per heavy atom. The first kappa shape index (κ1) is 95.0. The van der Waals surface area contributed by atoms with Gasteiger partial charge in [0.05, 0.1) is 75.7 Å². The van der Waals surface area contributed by atoms with Gasteiger partial charge in [-0.25, -0.2) is 0 Å². The molecule has 27 heteroatoms. The third kappa shape index (κ3) is 25.3. The number of carbonyl (C=O) groups excluding carboxylic acids is 1. The van der Waals surface area contributed by atoms with E-state index >= 15 is 0 Å². The van der Waals surface area contributed by atoms with Crippen LogP contribution >= 0.6 is 93.6 Å². The van der Waals surface area contributed by atoms with Gasteiger partial charge in [-0.3, -0.25) is 14.6 Å². The molecule has 126 heavy (non-hydrogen) atoms. The van der Waals surface area contributed by atoms with Crippen molar-refractivity contribution >= 4 is 156 Å². The number of ketones is 1. The van der Waals surface area contributed by atoms with Crippen LogP contribution in [-0.2, 0) is 6.18 Å². The molecule has 10 aromatic carbocycles. The summed E-state index contributed by atoms with van der Waals surface area (Å²) in [7, 11) is 10.6. The van der Waals surface area contributed by atoms with Crippen LogP contribution in [0, 0.1) is 0 Å². The number of aliphatic hydroxyl groups is 2. The fourth-order valence-corrected chi connectivity index (χ4v) is 22.8. The number of para-hydroxylation sites is 5. The molecule has 8 aliphatic heterocycles. The lowest BCUT2D eigenvalue weighted by Crippen LogP contribution is -2.47. The van der Waals surface area contributed by atoms with Crippen LogP contribution in [0.15, 0.2) is 261 Å². The van der Waals surface area contributed by atoms with Gasteiger partial charge in [-0.15, -0.1) is 0 Å². The SMILES string of the molecule is CC(=O)c1ccc2c(c1)N(CCCN(C)C)c1ccccc1S2.CN(C)CCCN1c2ccccc2Sc2ccc(Cl)cc21.CN1CCN(CCCN2c3ccccc3Sc3ccc(Cl)cc32)CC1.OCCN1CCN(CCCN2c3ccccc3Sc3ccc(C(F)(F)F)cc32)CC1.OCCN1CCN(CCCN2c3ccccc3Sc3ccc(Cl)cc32)CC1. The van der Waals surface area contributed by atoms with E-state index < -0.39 is 11.7 Å². The highest BCUT2D eigenvalue weighted by atomic mass is 35.5. The molecule has 0 saturated carbocycles. The summed E-state index contributed by atoms with van der Waals surface area (Å²) in [6.07, 6.45) is 0.999. The number of hydrogen-bond donors (Lipinski definition) is 2. The highest BCUT2D eigenvalue weighted by Crippen LogP contribution is 2.54. The van der Waals surface area contributed by atoms with Crippen LogP contribution in [0.2, 0.25) is 15.1 Å². The highest BCUT2D eigenvalue weighted by molar-refractivity contribution is 8.00. The molecule has 0 spiro atoms. The van der Waals surface area contributed by atoms with Crippen molar-refractivity contribution in [2.75, 3.05) is 230 Å². The molecule has 2 N–H and O–H groups in total. The molecule has 0 aliphatic carbocycles. The predicted octanol–water partition coefficient (Wildman–Crippen LogP) is 22.2. The minimum absolute atomic E-state index is 0.116. The monoisotopic (exact) mass is 1860 g/mol. The third-order valence-electron chi connectivity index (χ3n) is 23.6. The van der Waals surface area contributed by atoms with Crippen LogP contribution in [0.1, 0.15) is 54.9 Å². The highest BCUT2D eigenvalue weighted by Gasteiger charge is 2.35. The first-order valence-corrected chi connectivity index (χ1v) is 49.1. The average molecular weight is 1860 g/mol. The lowest BCUT2D eigenvalue weighted by atomic mass is 10.1. The standard InChI is InChI=1S/C22H26F3N3OS.C21H26ClN3OS.C20H24ClN3S.C19H22N2OS.C17H19ClN2S/c23-22(24,25)17-6-7-21-19(16-17)28(18-4-1-2-5-20(18)30-21)9-3-8-26-10-12-27(13-11-26)14-15-29;22-17-6-7-21-19(16-17)25(18-4-1-2-5-20(18)27-21)9-3-8-23-10-12-24(13-11-23)14-15-26;1-22-11-13-23(14-12-22)9-4-10-24-17-5-2-3-6-19(17)25-20-8-7-16(21)15-18(20)24;1-14(22)15-9-10-19-17(13-15)21(12-6-11-20(2)3)16-7-4-5-8-18(16)23-19;1-19(2)10-5-11-20-14-6-3-4-7-16(14)21-17-9-8-13(18)12-15(17)20/h1-2,4-7,16,29H,3,8-15H2;1-2,4-7,16,26H,3,8-15H2;2-3,5-8,15H,4,9-14H2,1H3;4-5,7-10,13H,6,11-12H2,1-3H3;3-4,6-9,12H,5,10-11H2,1-2H3. The zero-order valence-electron chi connectivity index (χ0n) is 73.1. The molecule has 0 bridgehead atoms. The van der Waals surface area contributed by atoms with Gasteiger partial charge in [-0.05, 0) is 253 Å². The van der Waals surface area contributed by atoms with Crippen molar-refractivity contribution in [1.82, 2.24) is 39.2 Å². The van der Waals surface area contributed by atoms with Crippen LogP contribution in [0.25, 0.3) is 0 Å². The normalized spacial score (nSPS) is 16.1. The average Bonchev–Trinajstić information content (AvgIpc) is 0.773. The van der Waals surface area contributed by atoms with Gasteiger partial charge in [-0.2, -0.15) is 13.2 Å². The second-order valence-electron chi connectivity index (χ2n) is 33.2. The Labute approximate surface area is 780 Å². The van der Waals surface area contributed by atoms with Gasteiger partial charge in [-0.1, -0.05) is 160 Å². The first-order chi connectivity index (χ1) is 61.1. The first-order valence-electron chi connectivity index (χ1n) is 43.9. The quantitative estimate of drug-likeness (QED) is 0.0531. The Morgan fingerprint density at radius 3 is 0.873 bits per heavy atom. The molecule has 0 unspecified atom stereocenters. The lowest BCUT2D eigenvalue weighted by molar-refractivity contribution is -0.137. The number of Topliss-reactive ketones (excluding diaryl/α,β-unsaturated/α-hetero) is 1. The van der Waals surface area contributed by atoms with Gasteiger partial charge in [0.25, 0.3) is 0 Å². The number of hydrogen-bond acceptors (Lipinski definition) is 21. The van der Waals surface area contributed by atoms with Crippen molar-refractivity contribution in [3.05, 3.63) is 239 Å². The summed E-state index contributed by atoms with van der Waals surface area (Å²) in [5.74, 6) is 0.116. The van der Waals surface area contributed by atoms with Crippen molar-refractivity contribution in [1.29, 1.82) is 0 Å². The molecule has 10 aromatic rings. The summed E-state index contributed by atoms with van der Waals surface area (Å²) >= 11 is 27.6. The maximum absolute atomic E-state index is 13.3. The fraction of sp³-hybridized carbons (Fsp3) is 0.384. The van der Waals surface area contributed by atoms with Crippen molar-refractivity contribution in [2.24, 2.45) is 0 Å². The number of nitrogens with zero attached hydrogens (tertiary/aromatic N) is 13. The molecule has 0 atom stereocenters. The second kappa shape index (κ2) is 46.1. The smallest absolute Gasteiger partial charge is 0.395 e. The Morgan fingerprint density at radius 1 is 0.325 bits per heavy atom. The third-order valence-corrected chi connectivity index (χ3v) is 30.0. The van der Waals surface area contributed by atoms with Gasteiger partial charge in [0.2, 0.25) is 0 Å². The molecule has 0 aromatic heterocycles. The summed E-state index contributed by atoms with van der Waals surface area (Å²) in [4.78, 5) is 54.6. The minimum Gasteiger partial charge on any atom is -0.395 e. The van der Waals surface area contributed by atoms with E-state index in [0.717, 1.165) is 192 Å². The molecule has 18 rings (SSSR count). The Bertz CT molecular complexity index is 5250. The van der Waals surface area contributed by atoms with Crippen molar-refractivity contribution in [2.45, 2.75) is 94.2 Å². The second-order valence-corrected chi connectivity index (χ2v) is 39.9. The van der Waals surface area contributed by atoms with Gasteiger partial charge in [0.1, 0.15) is 0 Å². The number of β-amino-alcohol motifs (C(OH)–C–C–N with tert-alkyl or cyclic N) is 2. The van der Waals surface area contributed by atoms with Gasteiger partial charge < -0.3 is 64.1 Å². The van der Waals surface area contributed by atoms with Crippen LogP contribution in [0.5, 0.6) is 0 Å². The summed E-state index contributed by atoms with van der Waals surface area (Å²) in [5.41, 5.74) is 11.8. The molecule has 668 valence electrons. The zero-order valence-corrected chi connectivity index (χ0v) is 79.4. The molecular formula is C99H117Cl3F3N13O3S5. The number of carbonyl (C=O) groups is 1. The number of alkyl halides is 3. The van der Waals surface area contributed by atoms with Gasteiger partial charge >= 0.3 is 6.18 Å². The number of rotatable bonds is 25. The molecular weight excluding hydrogens is 1740 g/mol. The summed E-state index contributed by atoms with van der Waals surface area (Å²) < 4.78 is 39.9. The number of piperazine rings is 3. The van der Waals surface area contributed by atoms with Crippen LogP contribution in [-0.4, -0.2) is 261 Å². The maximum atomic E-state index is 13.3. The number of likely N-dealkylation sites (N-methyl/N-ethyl adjacent to an activating group) is 1. The van der Waals surface area contributed by atoms with E-state index in [0.29, 0.717) is 18.8 Å². The van der Waals surface area contributed by atoms with Gasteiger partial charge in [0, 0.05) is 194 Å². The van der Waals surface area contributed by atoms with E-state index in [1.54, 1.807) is 24.8 Å². The van der Waals surface area contributed by atoms with Crippen molar-refractivity contribution in [3.63, 3.8) is 0 Å². The minimum atomic E-state index is -4.35. The van der Waals surface area contributed by atoms with Gasteiger partial charge in [0.15, 0.2) is 5.78 Å². The molecule has 0 radical (unpaired) electrons.